The highest BCUT2D eigenvalue weighted by molar-refractivity contribution is 9.11. The monoisotopic (exact) mass is 413 g/mol. The van der Waals surface area contributed by atoms with Crippen LogP contribution < -0.4 is 5.32 Å². The van der Waals surface area contributed by atoms with Gasteiger partial charge >= 0.3 is 0 Å². The Hall–Kier alpha value is -1.47. The summed E-state index contributed by atoms with van der Waals surface area (Å²) in [6, 6.07) is 5.33. The average molecular weight is 415 g/mol. The van der Waals surface area contributed by atoms with Gasteiger partial charge in [0.05, 0.1) is 16.9 Å². The number of rotatable bonds is 3. The van der Waals surface area contributed by atoms with Gasteiger partial charge in [-0.2, -0.15) is 5.10 Å². The summed E-state index contributed by atoms with van der Waals surface area (Å²) in [6.45, 7) is 3.47. The third kappa shape index (κ3) is 3.24. The Labute approximate surface area is 139 Å². The zero-order chi connectivity index (χ0) is 15.7. The maximum Gasteiger partial charge on any atom is 0.296 e. The first kappa shape index (κ1) is 15.9. The molecule has 0 bridgehead atoms. The van der Waals surface area contributed by atoms with Crippen LogP contribution in [0.2, 0.25) is 0 Å². The number of benzene rings is 1. The highest BCUT2D eigenvalue weighted by Crippen LogP contribution is 2.26. The van der Waals surface area contributed by atoms with Crippen LogP contribution in [0.15, 0.2) is 27.1 Å². The minimum atomic E-state index is -0.687. The van der Waals surface area contributed by atoms with Crippen molar-refractivity contribution in [3.63, 3.8) is 0 Å². The van der Waals surface area contributed by atoms with Gasteiger partial charge in [-0.15, -0.1) is 0 Å². The first-order valence-corrected chi connectivity index (χ1v) is 7.70. The molecule has 0 unspecified atom stereocenters. The predicted molar refractivity (Wildman–Crippen MR) is 87.5 cm³/mol. The van der Waals surface area contributed by atoms with Crippen molar-refractivity contribution >= 4 is 49.2 Å². The van der Waals surface area contributed by atoms with Crippen LogP contribution in [0.5, 0.6) is 0 Å². The summed E-state index contributed by atoms with van der Waals surface area (Å²) in [4.78, 5) is 24.5. The van der Waals surface area contributed by atoms with Crippen LogP contribution in [0.3, 0.4) is 0 Å². The molecule has 110 valence electrons. The Balaban J connectivity index is 2.28. The Morgan fingerprint density at radius 1 is 1.24 bits per heavy atom. The number of halogens is 2. The summed E-state index contributed by atoms with van der Waals surface area (Å²) in [5.74, 6) is -1.28. The molecular formula is C14H13Br2N3O2. The molecule has 0 aliphatic heterocycles. The van der Waals surface area contributed by atoms with Crippen LogP contribution in [0.1, 0.15) is 21.7 Å². The molecule has 1 N–H and O–H groups in total. The number of aromatic nitrogens is 2. The predicted octanol–water partition coefficient (Wildman–Crippen LogP) is 3.38. The molecule has 1 amide bonds. The van der Waals surface area contributed by atoms with Gasteiger partial charge in [-0.3, -0.25) is 14.3 Å². The maximum atomic E-state index is 12.3. The first-order chi connectivity index (χ1) is 9.81. The second-order valence-electron chi connectivity index (χ2n) is 4.58. The van der Waals surface area contributed by atoms with Gasteiger partial charge in [-0.25, -0.2) is 0 Å². The van der Waals surface area contributed by atoms with Gasteiger partial charge in [0.25, 0.3) is 11.7 Å². The normalized spacial score (nSPS) is 10.5. The molecule has 2 aromatic rings. The number of hydrogen-bond donors (Lipinski definition) is 1. The SMILES string of the molecule is Cc1nn(C)c(C)c1C(=O)C(=O)Nc1cc(Br)ccc1Br. The molecule has 0 aliphatic carbocycles. The highest BCUT2D eigenvalue weighted by Gasteiger charge is 2.24. The van der Waals surface area contributed by atoms with Crippen LogP contribution in [-0.2, 0) is 11.8 Å². The summed E-state index contributed by atoms with van der Waals surface area (Å²) < 4.78 is 3.10. The molecule has 0 fully saturated rings. The van der Waals surface area contributed by atoms with Gasteiger partial charge in [0, 0.05) is 21.7 Å². The van der Waals surface area contributed by atoms with Crippen LogP contribution in [-0.4, -0.2) is 21.5 Å². The summed E-state index contributed by atoms with van der Waals surface area (Å²) in [5, 5.41) is 6.76. The maximum absolute atomic E-state index is 12.3. The molecule has 5 nitrogen and oxygen atoms in total. The van der Waals surface area contributed by atoms with E-state index in [2.05, 4.69) is 42.3 Å². The first-order valence-electron chi connectivity index (χ1n) is 6.12. The summed E-state index contributed by atoms with van der Waals surface area (Å²) >= 11 is 6.66. The lowest BCUT2D eigenvalue weighted by molar-refractivity contribution is -0.112. The number of carbonyl (C=O) groups excluding carboxylic acids is 2. The van der Waals surface area contributed by atoms with E-state index in [1.54, 1.807) is 37.7 Å². The van der Waals surface area contributed by atoms with Gasteiger partial charge in [0.2, 0.25) is 0 Å². The minimum Gasteiger partial charge on any atom is -0.318 e. The fourth-order valence-corrected chi connectivity index (χ4v) is 2.69. The second-order valence-corrected chi connectivity index (χ2v) is 6.35. The number of amides is 1. The number of Topliss-reactive ketones (excluding diaryl/α,β-unsaturated/α-hetero) is 1. The zero-order valence-corrected chi connectivity index (χ0v) is 14.9. The van der Waals surface area contributed by atoms with Gasteiger partial charge in [-0.05, 0) is 48.0 Å². The van der Waals surface area contributed by atoms with Crippen LogP contribution in [0.4, 0.5) is 5.69 Å². The number of ketones is 1. The van der Waals surface area contributed by atoms with Crippen molar-refractivity contribution < 1.29 is 9.59 Å². The number of aryl methyl sites for hydroxylation is 2. The largest absolute Gasteiger partial charge is 0.318 e. The molecule has 0 atom stereocenters. The topological polar surface area (TPSA) is 64.0 Å². The van der Waals surface area contributed by atoms with Crippen molar-refractivity contribution in [2.45, 2.75) is 13.8 Å². The lowest BCUT2D eigenvalue weighted by Gasteiger charge is -2.07. The van der Waals surface area contributed by atoms with Crippen molar-refractivity contribution in [1.29, 1.82) is 0 Å². The lowest BCUT2D eigenvalue weighted by Crippen LogP contribution is -2.24. The van der Waals surface area contributed by atoms with E-state index < -0.39 is 11.7 Å². The fraction of sp³-hybridized carbons (Fsp3) is 0.214. The molecule has 0 aliphatic rings. The van der Waals surface area contributed by atoms with Gasteiger partial charge < -0.3 is 5.32 Å². The molecule has 21 heavy (non-hydrogen) atoms. The van der Waals surface area contributed by atoms with E-state index in [1.165, 1.54) is 0 Å². The number of nitrogens with zero attached hydrogens (tertiary/aromatic N) is 2. The smallest absolute Gasteiger partial charge is 0.296 e. The number of anilines is 1. The Morgan fingerprint density at radius 3 is 2.48 bits per heavy atom. The molecule has 0 spiro atoms. The van der Waals surface area contributed by atoms with Crippen molar-refractivity contribution in [2.24, 2.45) is 7.05 Å². The van der Waals surface area contributed by atoms with Crippen molar-refractivity contribution in [2.75, 3.05) is 5.32 Å². The molecule has 1 heterocycles. The van der Waals surface area contributed by atoms with E-state index in [-0.39, 0.29) is 0 Å². The molecular weight excluding hydrogens is 402 g/mol. The zero-order valence-electron chi connectivity index (χ0n) is 11.7. The van der Waals surface area contributed by atoms with Crippen molar-refractivity contribution in [1.82, 2.24) is 9.78 Å². The summed E-state index contributed by atoms with van der Waals surface area (Å²) in [5.41, 5.74) is 2.09. The quantitative estimate of drug-likeness (QED) is 0.618. The molecule has 2 rings (SSSR count). The second kappa shape index (κ2) is 6.11. The number of hydrogen-bond acceptors (Lipinski definition) is 3. The van der Waals surface area contributed by atoms with E-state index in [4.69, 9.17) is 0 Å². The van der Waals surface area contributed by atoms with E-state index in [1.807, 2.05) is 6.07 Å². The van der Waals surface area contributed by atoms with Crippen molar-refractivity contribution in [3.8, 4) is 0 Å². The molecule has 1 aromatic carbocycles. The molecule has 0 saturated carbocycles. The standard InChI is InChI=1S/C14H13Br2N3O2/c1-7-12(8(2)19(3)18-7)13(20)14(21)17-11-6-9(15)4-5-10(11)16/h4-6H,1-3H3,(H,17,21). The average Bonchev–Trinajstić information content (AvgIpc) is 2.67. The van der Waals surface area contributed by atoms with E-state index in [0.29, 0.717) is 27.1 Å². The van der Waals surface area contributed by atoms with Gasteiger partial charge in [-0.1, -0.05) is 15.9 Å². The summed E-state index contributed by atoms with van der Waals surface area (Å²) in [7, 11) is 1.74. The third-order valence-electron chi connectivity index (χ3n) is 3.12. The molecule has 0 saturated heterocycles. The van der Waals surface area contributed by atoms with E-state index in [9.17, 15) is 9.59 Å². The molecule has 0 radical (unpaired) electrons. The molecule has 1 aromatic heterocycles. The number of nitrogens with one attached hydrogen (secondary N) is 1. The van der Waals surface area contributed by atoms with Crippen LogP contribution in [0, 0.1) is 13.8 Å². The van der Waals surface area contributed by atoms with Crippen LogP contribution in [0.25, 0.3) is 0 Å². The van der Waals surface area contributed by atoms with Gasteiger partial charge in [0.1, 0.15) is 0 Å². The Bertz CT molecular complexity index is 738. The van der Waals surface area contributed by atoms with E-state index >= 15 is 0 Å². The fourth-order valence-electron chi connectivity index (χ4n) is 1.99. The Morgan fingerprint density at radius 2 is 1.90 bits per heavy atom. The highest BCUT2D eigenvalue weighted by atomic mass is 79.9. The third-order valence-corrected chi connectivity index (χ3v) is 4.30. The molecule has 7 heteroatoms. The van der Waals surface area contributed by atoms with E-state index in [0.717, 1.165) is 4.47 Å². The van der Waals surface area contributed by atoms with Gasteiger partial charge in [0.15, 0.2) is 0 Å². The summed E-state index contributed by atoms with van der Waals surface area (Å²) in [6.07, 6.45) is 0. The van der Waals surface area contributed by atoms with Crippen LogP contribution >= 0.6 is 31.9 Å². The lowest BCUT2D eigenvalue weighted by atomic mass is 10.1. The number of carbonyl (C=O) groups is 2. The van der Waals surface area contributed by atoms with Crippen molar-refractivity contribution in [3.05, 3.63) is 44.1 Å². The minimum absolute atomic E-state index is 0.348. The Kier molecular flexibility index (Phi) is 4.63.